The SMILES string of the molecule is CC(C)COc1ccc(NCC(=O)Nc2ccc(Cl)c(Cl)c2)cc1. The van der Waals surface area contributed by atoms with Crippen LogP contribution in [0.1, 0.15) is 13.8 Å². The van der Waals surface area contributed by atoms with E-state index in [0.29, 0.717) is 28.3 Å². The molecule has 0 aromatic heterocycles. The second-order valence-corrected chi connectivity index (χ2v) is 6.57. The lowest BCUT2D eigenvalue weighted by Gasteiger charge is -2.11. The Bertz CT molecular complexity index is 688. The molecule has 0 unspecified atom stereocenters. The minimum absolute atomic E-state index is 0.145. The maximum absolute atomic E-state index is 12.0. The Morgan fingerprint density at radius 1 is 1.04 bits per heavy atom. The fourth-order valence-electron chi connectivity index (χ4n) is 1.89. The van der Waals surface area contributed by atoms with E-state index in [0.717, 1.165) is 11.4 Å². The van der Waals surface area contributed by atoms with Gasteiger partial charge in [-0.15, -0.1) is 0 Å². The molecule has 0 aliphatic rings. The van der Waals surface area contributed by atoms with Crippen LogP contribution in [0.5, 0.6) is 5.75 Å². The molecule has 0 saturated carbocycles. The van der Waals surface area contributed by atoms with Gasteiger partial charge >= 0.3 is 0 Å². The Balaban J connectivity index is 1.81. The number of hydrogen-bond donors (Lipinski definition) is 2. The third-order valence-corrected chi connectivity index (χ3v) is 3.83. The van der Waals surface area contributed by atoms with Crippen LogP contribution < -0.4 is 15.4 Å². The van der Waals surface area contributed by atoms with Gasteiger partial charge in [-0.3, -0.25) is 4.79 Å². The fourth-order valence-corrected chi connectivity index (χ4v) is 2.19. The number of carbonyl (C=O) groups is 1. The van der Waals surface area contributed by atoms with Crippen molar-refractivity contribution in [2.75, 3.05) is 23.8 Å². The lowest BCUT2D eigenvalue weighted by Crippen LogP contribution is -2.21. The first-order chi connectivity index (χ1) is 11.4. The van der Waals surface area contributed by atoms with E-state index in [-0.39, 0.29) is 12.5 Å². The summed E-state index contributed by atoms with van der Waals surface area (Å²) in [6, 6.07) is 12.5. The summed E-state index contributed by atoms with van der Waals surface area (Å²) in [5.74, 6) is 1.12. The van der Waals surface area contributed by atoms with Crippen LogP contribution in [0.4, 0.5) is 11.4 Å². The first-order valence-corrected chi connectivity index (χ1v) is 8.41. The minimum atomic E-state index is -0.173. The maximum Gasteiger partial charge on any atom is 0.243 e. The lowest BCUT2D eigenvalue weighted by molar-refractivity contribution is -0.114. The van der Waals surface area contributed by atoms with E-state index in [1.807, 2.05) is 24.3 Å². The van der Waals surface area contributed by atoms with Gasteiger partial charge in [-0.1, -0.05) is 37.0 Å². The molecule has 4 nitrogen and oxygen atoms in total. The average molecular weight is 367 g/mol. The normalized spacial score (nSPS) is 10.5. The van der Waals surface area contributed by atoms with Crippen molar-refractivity contribution in [3.8, 4) is 5.75 Å². The van der Waals surface area contributed by atoms with Crippen molar-refractivity contribution in [2.45, 2.75) is 13.8 Å². The van der Waals surface area contributed by atoms with Crippen molar-refractivity contribution >= 4 is 40.5 Å². The van der Waals surface area contributed by atoms with E-state index >= 15 is 0 Å². The van der Waals surface area contributed by atoms with Crippen LogP contribution in [0.3, 0.4) is 0 Å². The highest BCUT2D eigenvalue weighted by Gasteiger charge is 2.05. The third-order valence-electron chi connectivity index (χ3n) is 3.09. The molecule has 0 fully saturated rings. The highest BCUT2D eigenvalue weighted by atomic mass is 35.5. The Kier molecular flexibility index (Phi) is 6.76. The molecule has 2 aromatic carbocycles. The summed E-state index contributed by atoms with van der Waals surface area (Å²) >= 11 is 11.8. The smallest absolute Gasteiger partial charge is 0.243 e. The van der Waals surface area contributed by atoms with Crippen LogP contribution in [0.25, 0.3) is 0 Å². The monoisotopic (exact) mass is 366 g/mol. The zero-order chi connectivity index (χ0) is 17.5. The van der Waals surface area contributed by atoms with Gasteiger partial charge in [-0.25, -0.2) is 0 Å². The van der Waals surface area contributed by atoms with Gasteiger partial charge in [-0.05, 0) is 48.4 Å². The number of amides is 1. The molecule has 2 aromatic rings. The molecule has 2 rings (SSSR count). The van der Waals surface area contributed by atoms with Crippen molar-refractivity contribution in [3.05, 3.63) is 52.5 Å². The van der Waals surface area contributed by atoms with E-state index < -0.39 is 0 Å². The number of nitrogens with one attached hydrogen (secondary N) is 2. The molecule has 2 N–H and O–H groups in total. The number of halogens is 2. The minimum Gasteiger partial charge on any atom is -0.493 e. The lowest BCUT2D eigenvalue weighted by atomic mass is 10.2. The summed E-state index contributed by atoms with van der Waals surface area (Å²) in [7, 11) is 0. The standard InChI is InChI=1S/C18H20Cl2N2O2/c1-12(2)11-24-15-6-3-13(4-7-15)21-10-18(23)22-14-5-8-16(19)17(20)9-14/h3-9,12,21H,10-11H2,1-2H3,(H,22,23). The zero-order valence-electron chi connectivity index (χ0n) is 13.6. The first-order valence-electron chi connectivity index (χ1n) is 7.65. The van der Waals surface area contributed by atoms with E-state index in [1.165, 1.54) is 0 Å². The molecule has 0 aliphatic heterocycles. The summed E-state index contributed by atoms with van der Waals surface area (Å²) in [5.41, 5.74) is 1.45. The van der Waals surface area contributed by atoms with Gasteiger partial charge in [-0.2, -0.15) is 0 Å². The number of carbonyl (C=O) groups excluding carboxylic acids is 1. The number of ether oxygens (including phenoxy) is 1. The predicted octanol–water partition coefficient (Wildman–Crippen LogP) is 5.08. The van der Waals surface area contributed by atoms with Crippen LogP contribution in [-0.4, -0.2) is 19.1 Å². The van der Waals surface area contributed by atoms with Gasteiger partial charge in [0, 0.05) is 11.4 Å². The zero-order valence-corrected chi connectivity index (χ0v) is 15.1. The molecule has 6 heteroatoms. The van der Waals surface area contributed by atoms with Gasteiger partial charge in [0.15, 0.2) is 0 Å². The molecule has 0 aliphatic carbocycles. The number of benzene rings is 2. The molecule has 1 amide bonds. The summed E-state index contributed by atoms with van der Waals surface area (Å²) < 4.78 is 5.62. The number of anilines is 2. The Labute approximate surface area is 152 Å². The Morgan fingerprint density at radius 3 is 2.33 bits per heavy atom. The Morgan fingerprint density at radius 2 is 1.71 bits per heavy atom. The topological polar surface area (TPSA) is 50.4 Å². The molecule has 128 valence electrons. The second-order valence-electron chi connectivity index (χ2n) is 5.76. The molecule has 0 radical (unpaired) electrons. The largest absolute Gasteiger partial charge is 0.493 e. The predicted molar refractivity (Wildman–Crippen MR) is 100 cm³/mol. The van der Waals surface area contributed by atoms with Crippen LogP contribution >= 0.6 is 23.2 Å². The highest BCUT2D eigenvalue weighted by molar-refractivity contribution is 6.42. The fraction of sp³-hybridized carbons (Fsp3) is 0.278. The van der Waals surface area contributed by atoms with Crippen molar-refractivity contribution < 1.29 is 9.53 Å². The van der Waals surface area contributed by atoms with Crippen molar-refractivity contribution in [1.82, 2.24) is 0 Å². The molecule has 0 spiro atoms. The average Bonchev–Trinajstić information content (AvgIpc) is 2.55. The van der Waals surface area contributed by atoms with Gasteiger partial charge in [0.25, 0.3) is 0 Å². The number of hydrogen-bond acceptors (Lipinski definition) is 3. The summed E-state index contributed by atoms with van der Waals surface area (Å²) in [4.78, 5) is 12.0. The Hall–Kier alpha value is -1.91. The molecule has 0 bridgehead atoms. The summed E-state index contributed by atoms with van der Waals surface area (Å²) in [6.45, 7) is 5.02. The van der Waals surface area contributed by atoms with Crippen LogP contribution in [0.2, 0.25) is 10.0 Å². The van der Waals surface area contributed by atoms with E-state index in [9.17, 15) is 4.79 Å². The van der Waals surface area contributed by atoms with Crippen molar-refractivity contribution in [3.63, 3.8) is 0 Å². The second kappa shape index (κ2) is 8.81. The van der Waals surface area contributed by atoms with Gasteiger partial charge < -0.3 is 15.4 Å². The molecule has 0 atom stereocenters. The van der Waals surface area contributed by atoms with Crippen LogP contribution in [-0.2, 0) is 4.79 Å². The first kappa shape index (κ1) is 18.4. The molecule has 0 saturated heterocycles. The van der Waals surface area contributed by atoms with Gasteiger partial charge in [0.1, 0.15) is 5.75 Å². The van der Waals surface area contributed by atoms with Crippen molar-refractivity contribution in [1.29, 1.82) is 0 Å². The van der Waals surface area contributed by atoms with Crippen LogP contribution in [0.15, 0.2) is 42.5 Å². The molecular formula is C18H20Cl2N2O2. The van der Waals surface area contributed by atoms with E-state index in [1.54, 1.807) is 18.2 Å². The molecule has 0 heterocycles. The van der Waals surface area contributed by atoms with Gasteiger partial charge in [0.05, 0.1) is 23.2 Å². The molecule has 24 heavy (non-hydrogen) atoms. The summed E-state index contributed by atoms with van der Waals surface area (Å²) in [5, 5.41) is 6.66. The summed E-state index contributed by atoms with van der Waals surface area (Å²) in [6.07, 6.45) is 0. The maximum atomic E-state index is 12.0. The number of rotatable bonds is 7. The van der Waals surface area contributed by atoms with E-state index in [2.05, 4.69) is 24.5 Å². The van der Waals surface area contributed by atoms with Gasteiger partial charge in [0.2, 0.25) is 5.91 Å². The van der Waals surface area contributed by atoms with Crippen LogP contribution in [0, 0.1) is 5.92 Å². The van der Waals surface area contributed by atoms with Crippen molar-refractivity contribution in [2.24, 2.45) is 5.92 Å². The third kappa shape index (κ3) is 5.95. The van der Waals surface area contributed by atoms with E-state index in [4.69, 9.17) is 27.9 Å². The molecular weight excluding hydrogens is 347 g/mol. The quantitative estimate of drug-likeness (QED) is 0.718. The highest BCUT2D eigenvalue weighted by Crippen LogP contribution is 2.25.